The molecule has 0 aromatic rings. The van der Waals surface area contributed by atoms with Gasteiger partial charge in [0.2, 0.25) is 5.91 Å². The Labute approximate surface area is 105 Å². The van der Waals surface area contributed by atoms with Gasteiger partial charge >= 0.3 is 5.97 Å². The van der Waals surface area contributed by atoms with E-state index in [0.29, 0.717) is 12.5 Å². The number of amides is 1. The second-order valence-corrected chi connectivity index (χ2v) is 6.21. The zero-order chi connectivity index (χ0) is 13.8. The average molecular weight is 277 g/mol. The van der Waals surface area contributed by atoms with Gasteiger partial charge in [0, 0.05) is 24.7 Å². The molecule has 102 valence electrons. The van der Waals surface area contributed by atoms with Gasteiger partial charge in [0.25, 0.3) is 0 Å². The number of aliphatic hydroxyl groups is 1. The summed E-state index contributed by atoms with van der Waals surface area (Å²) < 4.78 is 22.7. The third-order valence-corrected chi connectivity index (χ3v) is 4.39. The number of aliphatic carboxylic acids is 1. The second-order valence-electron chi connectivity index (χ2n) is 3.98. The molecule has 0 aromatic heterocycles. The van der Waals surface area contributed by atoms with Crippen LogP contribution in [0.25, 0.3) is 0 Å². The first-order valence-corrected chi connectivity index (χ1v) is 7.21. The van der Waals surface area contributed by atoms with Crippen LogP contribution in [0.5, 0.6) is 0 Å². The Hall–Kier alpha value is -1.41. The predicted molar refractivity (Wildman–Crippen MR) is 62.6 cm³/mol. The van der Waals surface area contributed by atoms with E-state index >= 15 is 0 Å². The molecule has 8 heteroatoms. The number of carboxylic acids is 1. The van der Waals surface area contributed by atoms with Gasteiger partial charge in [-0.1, -0.05) is 0 Å². The SMILES string of the molecule is O=C(O)/C=C/C(=O)N(CCO)C1CCS(=O)(=O)C1. The van der Waals surface area contributed by atoms with Crippen molar-refractivity contribution in [2.45, 2.75) is 12.5 Å². The number of hydrogen-bond acceptors (Lipinski definition) is 5. The fraction of sp³-hybridized carbons (Fsp3) is 0.600. The Morgan fingerprint density at radius 3 is 2.44 bits per heavy atom. The van der Waals surface area contributed by atoms with E-state index in [0.717, 1.165) is 6.08 Å². The zero-order valence-corrected chi connectivity index (χ0v) is 10.5. The molecular weight excluding hydrogens is 262 g/mol. The smallest absolute Gasteiger partial charge is 0.328 e. The Balaban J connectivity index is 2.77. The molecule has 0 spiro atoms. The first-order valence-electron chi connectivity index (χ1n) is 5.38. The van der Waals surface area contributed by atoms with Gasteiger partial charge in [-0.2, -0.15) is 0 Å². The molecule has 2 N–H and O–H groups in total. The molecule has 1 aliphatic heterocycles. The second kappa shape index (κ2) is 5.96. The average Bonchev–Trinajstić information content (AvgIpc) is 2.63. The lowest BCUT2D eigenvalue weighted by atomic mass is 10.2. The Morgan fingerprint density at radius 2 is 2.00 bits per heavy atom. The summed E-state index contributed by atoms with van der Waals surface area (Å²) in [5.74, 6) is -1.99. The molecule has 1 aliphatic rings. The molecule has 0 aliphatic carbocycles. The van der Waals surface area contributed by atoms with Crippen molar-refractivity contribution in [3.8, 4) is 0 Å². The summed E-state index contributed by atoms with van der Waals surface area (Å²) in [6, 6.07) is -0.493. The largest absolute Gasteiger partial charge is 0.478 e. The van der Waals surface area contributed by atoms with E-state index in [2.05, 4.69) is 0 Å². The summed E-state index contributed by atoms with van der Waals surface area (Å²) in [4.78, 5) is 23.2. The number of carbonyl (C=O) groups excluding carboxylic acids is 1. The third-order valence-electron chi connectivity index (χ3n) is 2.64. The van der Waals surface area contributed by atoms with E-state index in [9.17, 15) is 18.0 Å². The van der Waals surface area contributed by atoms with E-state index in [-0.39, 0.29) is 24.7 Å². The van der Waals surface area contributed by atoms with E-state index in [4.69, 9.17) is 10.2 Å². The highest BCUT2D eigenvalue weighted by molar-refractivity contribution is 7.91. The molecule has 0 bridgehead atoms. The third kappa shape index (κ3) is 4.11. The quantitative estimate of drug-likeness (QED) is 0.600. The summed E-state index contributed by atoms with van der Waals surface area (Å²) in [6.45, 7) is -0.313. The number of carboxylic acid groups (broad SMARTS) is 1. The molecule has 0 aromatic carbocycles. The molecule has 1 fully saturated rings. The highest BCUT2D eigenvalue weighted by Gasteiger charge is 2.33. The highest BCUT2D eigenvalue weighted by Crippen LogP contribution is 2.17. The molecule has 0 radical (unpaired) electrons. The lowest BCUT2D eigenvalue weighted by molar-refractivity contribution is -0.132. The summed E-state index contributed by atoms with van der Waals surface area (Å²) in [5.41, 5.74) is 0. The molecule has 1 heterocycles. The van der Waals surface area contributed by atoms with Gasteiger partial charge in [-0.3, -0.25) is 4.79 Å². The van der Waals surface area contributed by atoms with Gasteiger partial charge in [-0.05, 0) is 6.42 Å². The standard InChI is InChI=1S/C10H15NO6S/c12-5-4-11(9(13)1-2-10(14)15)8-3-6-18(16,17)7-8/h1-2,8,12H,3-7H2,(H,14,15)/b2-1+. The van der Waals surface area contributed by atoms with Crippen LogP contribution < -0.4 is 0 Å². The maximum Gasteiger partial charge on any atom is 0.328 e. The molecule has 1 rings (SSSR count). The number of aliphatic hydroxyl groups excluding tert-OH is 1. The van der Waals surface area contributed by atoms with Gasteiger partial charge in [0.15, 0.2) is 9.84 Å². The molecule has 1 saturated heterocycles. The van der Waals surface area contributed by atoms with Crippen LogP contribution in [0.2, 0.25) is 0 Å². The fourth-order valence-electron chi connectivity index (χ4n) is 1.84. The predicted octanol–water partition coefficient (Wildman–Crippen LogP) is -1.36. The van der Waals surface area contributed by atoms with Crippen molar-refractivity contribution < 1.29 is 28.2 Å². The van der Waals surface area contributed by atoms with Crippen molar-refractivity contribution in [2.24, 2.45) is 0 Å². The fourth-order valence-corrected chi connectivity index (χ4v) is 3.57. The molecular formula is C10H15NO6S. The van der Waals surface area contributed by atoms with E-state index < -0.39 is 27.8 Å². The highest BCUT2D eigenvalue weighted by atomic mass is 32.2. The maximum atomic E-state index is 11.7. The van der Waals surface area contributed by atoms with Crippen molar-refractivity contribution in [1.29, 1.82) is 0 Å². The molecule has 1 atom stereocenters. The Bertz CT molecular complexity index is 455. The number of nitrogens with zero attached hydrogens (tertiary/aromatic N) is 1. The monoisotopic (exact) mass is 277 g/mol. The minimum atomic E-state index is -3.14. The first kappa shape index (κ1) is 14.7. The number of carbonyl (C=O) groups is 2. The van der Waals surface area contributed by atoms with Crippen LogP contribution in [0, 0.1) is 0 Å². The van der Waals surface area contributed by atoms with Crippen LogP contribution in [0.3, 0.4) is 0 Å². The van der Waals surface area contributed by atoms with E-state index in [1.165, 1.54) is 4.90 Å². The summed E-state index contributed by atoms with van der Waals surface area (Å²) in [6.07, 6.45) is 1.87. The minimum absolute atomic E-state index is 0.00944. The Kier molecular flexibility index (Phi) is 4.85. The normalized spacial score (nSPS) is 22.2. The van der Waals surface area contributed by atoms with Gasteiger partial charge in [-0.15, -0.1) is 0 Å². The maximum absolute atomic E-state index is 11.7. The summed E-state index contributed by atoms with van der Waals surface area (Å²) >= 11 is 0. The molecule has 18 heavy (non-hydrogen) atoms. The van der Waals surface area contributed by atoms with Crippen LogP contribution in [0.4, 0.5) is 0 Å². The van der Waals surface area contributed by atoms with Gasteiger partial charge in [0.05, 0.1) is 18.1 Å². The van der Waals surface area contributed by atoms with Crippen molar-refractivity contribution in [1.82, 2.24) is 4.90 Å². The molecule has 1 unspecified atom stereocenters. The van der Waals surface area contributed by atoms with Crippen molar-refractivity contribution in [3.05, 3.63) is 12.2 Å². The number of hydrogen-bond donors (Lipinski definition) is 2. The summed E-state index contributed by atoms with van der Waals surface area (Å²) in [5, 5.41) is 17.3. The van der Waals surface area contributed by atoms with Crippen molar-refractivity contribution >= 4 is 21.7 Å². The van der Waals surface area contributed by atoms with Crippen LogP contribution in [-0.4, -0.2) is 66.1 Å². The Morgan fingerprint density at radius 1 is 1.33 bits per heavy atom. The first-order chi connectivity index (χ1) is 8.35. The van der Waals surface area contributed by atoms with E-state index in [1.54, 1.807) is 0 Å². The van der Waals surface area contributed by atoms with Crippen molar-refractivity contribution in [3.63, 3.8) is 0 Å². The topological polar surface area (TPSA) is 112 Å². The van der Waals surface area contributed by atoms with Crippen LogP contribution in [0.15, 0.2) is 12.2 Å². The number of sulfone groups is 1. The lowest BCUT2D eigenvalue weighted by Gasteiger charge is -2.26. The molecule has 0 saturated carbocycles. The van der Waals surface area contributed by atoms with Gasteiger partial charge in [-0.25, -0.2) is 13.2 Å². The van der Waals surface area contributed by atoms with E-state index in [1.807, 2.05) is 0 Å². The summed E-state index contributed by atoms with van der Waals surface area (Å²) in [7, 11) is -3.14. The van der Waals surface area contributed by atoms with Crippen LogP contribution in [0.1, 0.15) is 6.42 Å². The van der Waals surface area contributed by atoms with Crippen molar-refractivity contribution in [2.75, 3.05) is 24.7 Å². The van der Waals surface area contributed by atoms with Gasteiger partial charge in [0.1, 0.15) is 0 Å². The van der Waals surface area contributed by atoms with Gasteiger partial charge < -0.3 is 15.1 Å². The lowest BCUT2D eigenvalue weighted by Crippen LogP contribution is -2.42. The minimum Gasteiger partial charge on any atom is -0.478 e. The molecule has 7 nitrogen and oxygen atoms in total. The zero-order valence-electron chi connectivity index (χ0n) is 9.65. The van der Waals surface area contributed by atoms with Crippen LogP contribution >= 0.6 is 0 Å². The number of rotatable bonds is 5. The molecule has 1 amide bonds. The van der Waals surface area contributed by atoms with Crippen LogP contribution in [-0.2, 0) is 19.4 Å².